The second kappa shape index (κ2) is 14.1. The monoisotopic (exact) mass is 701 g/mol. The summed E-state index contributed by atoms with van der Waals surface area (Å²) < 4.78 is 6.46. The van der Waals surface area contributed by atoms with Crippen LogP contribution in [0.1, 0.15) is 48.6 Å². The number of benzene rings is 6. The maximum atomic E-state index is 6.46. The van der Waals surface area contributed by atoms with Gasteiger partial charge in [0.15, 0.2) is 5.82 Å². The summed E-state index contributed by atoms with van der Waals surface area (Å²) in [5.41, 5.74) is 15.5. The summed E-state index contributed by atoms with van der Waals surface area (Å²) in [6, 6.07) is 46.4. The number of rotatable bonds is 9. The van der Waals surface area contributed by atoms with Crippen molar-refractivity contribution in [3.8, 4) is 45.3 Å². The van der Waals surface area contributed by atoms with Gasteiger partial charge in [-0.3, -0.25) is 0 Å². The first kappa shape index (κ1) is 34.6. The van der Waals surface area contributed by atoms with Crippen molar-refractivity contribution in [2.75, 3.05) is 12.4 Å². The van der Waals surface area contributed by atoms with Crippen LogP contribution in [0.5, 0.6) is 11.5 Å². The number of aromatic nitrogens is 2. The molecule has 1 N–H and O–H groups in total. The second-order valence-electron chi connectivity index (χ2n) is 14.4. The predicted molar refractivity (Wildman–Crippen MR) is 227 cm³/mol. The van der Waals surface area contributed by atoms with Crippen LogP contribution in [0.3, 0.4) is 0 Å². The number of nitrogens with zero attached hydrogens (tertiary/aromatic N) is 2. The third kappa shape index (κ3) is 6.20. The number of hydrogen-bond acceptors (Lipinski definition) is 4. The van der Waals surface area contributed by atoms with Crippen molar-refractivity contribution in [2.24, 2.45) is 0 Å². The van der Waals surface area contributed by atoms with E-state index in [2.05, 4.69) is 143 Å². The van der Waals surface area contributed by atoms with Crippen molar-refractivity contribution in [3.63, 3.8) is 0 Å². The molecule has 4 heteroatoms. The van der Waals surface area contributed by atoms with E-state index in [1.54, 1.807) is 0 Å². The number of anilines is 1. The van der Waals surface area contributed by atoms with Gasteiger partial charge in [0.1, 0.15) is 11.5 Å². The quantitative estimate of drug-likeness (QED) is 0.152. The van der Waals surface area contributed by atoms with E-state index in [1.165, 1.54) is 27.8 Å². The zero-order valence-electron chi connectivity index (χ0n) is 31.4. The average Bonchev–Trinajstić information content (AvgIpc) is 3.44. The minimum atomic E-state index is -0.101. The number of nitrogens with one attached hydrogen (secondary N) is 1. The first-order chi connectivity index (χ1) is 26.3. The Kier molecular flexibility index (Phi) is 9.04. The Bertz CT molecular complexity index is 2630. The highest BCUT2D eigenvalue weighted by atomic mass is 16.5. The van der Waals surface area contributed by atoms with Crippen molar-refractivity contribution in [3.05, 3.63) is 186 Å². The van der Waals surface area contributed by atoms with Crippen LogP contribution in [0.15, 0.2) is 158 Å². The lowest BCUT2D eigenvalue weighted by atomic mass is 9.82. The molecule has 8 rings (SSSR count). The number of para-hydroxylation sites is 2. The molecule has 1 heterocycles. The Labute approximate surface area is 318 Å². The van der Waals surface area contributed by atoms with E-state index in [1.807, 2.05) is 55.6 Å². The van der Waals surface area contributed by atoms with Gasteiger partial charge in [0.2, 0.25) is 0 Å². The largest absolute Gasteiger partial charge is 0.457 e. The van der Waals surface area contributed by atoms with Gasteiger partial charge in [-0.25, -0.2) is 9.97 Å². The lowest BCUT2D eigenvalue weighted by molar-refractivity contribution is 0.479. The van der Waals surface area contributed by atoms with Crippen LogP contribution >= 0.6 is 0 Å². The van der Waals surface area contributed by atoms with Crippen molar-refractivity contribution in [1.82, 2.24) is 9.97 Å². The van der Waals surface area contributed by atoms with E-state index in [4.69, 9.17) is 14.7 Å². The fourth-order valence-corrected chi connectivity index (χ4v) is 7.82. The van der Waals surface area contributed by atoms with E-state index >= 15 is 0 Å². The van der Waals surface area contributed by atoms with E-state index in [9.17, 15) is 0 Å². The van der Waals surface area contributed by atoms with E-state index in [0.29, 0.717) is 0 Å². The maximum Gasteiger partial charge on any atom is 0.161 e. The molecule has 0 saturated carbocycles. The molecule has 0 saturated heterocycles. The Balaban J connectivity index is 1.10. The Morgan fingerprint density at radius 1 is 0.759 bits per heavy atom. The first-order valence-corrected chi connectivity index (χ1v) is 18.4. The molecule has 0 fully saturated rings. The van der Waals surface area contributed by atoms with Gasteiger partial charge in [-0.1, -0.05) is 124 Å². The van der Waals surface area contributed by atoms with E-state index < -0.39 is 0 Å². The van der Waals surface area contributed by atoms with Gasteiger partial charge in [-0.15, -0.1) is 0 Å². The minimum absolute atomic E-state index is 0.101. The highest BCUT2D eigenvalue weighted by Gasteiger charge is 2.37. The summed E-state index contributed by atoms with van der Waals surface area (Å²) in [6.07, 6.45) is 6.09. The Morgan fingerprint density at radius 3 is 2.28 bits per heavy atom. The lowest BCUT2D eigenvalue weighted by Crippen LogP contribution is -2.14. The summed E-state index contributed by atoms with van der Waals surface area (Å²) in [4.78, 5) is 10.4. The smallest absolute Gasteiger partial charge is 0.161 e. The molecule has 0 spiro atoms. The van der Waals surface area contributed by atoms with Gasteiger partial charge in [-0.05, 0) is 107 Å². The maximum absolute atomic E-state index is 6.46. The number of allylic oxidation sites excluding steroid dienone is 5. The molecule has 0 aliphatic heterocycles. The number of aryl methyl sites for hydroxylation is 1. The Hall–Kier alpha value is -6.52. The molecule has 7 aromatic rings. The number of fused-ring (bicyclic) bond motifs is 4. The van der Waals surface area contributed by atoms with E-state index in [0.717, 1.165) is 73.0 Å². The third-order valence-corrected chi connectivity index (χ3v) is 10.6. The van der Waals surface area contributed by atoms with E-state index in [-0.39, 0.29) is 5.41 Å². The van der Waals surface area contributed by atoms with Gasteiger partial charge < -0.3 is 10.1 Å². The normalized spacial score (nSPS) is 13.4. The fourth-order valence-electron chi connectivity index (χ4n) is 7.82. The minimum Gasteiger partial charge on any atom is -0.457 e. The van der Waals surface area contributed by atoms with Crippen LogP contribution < -0.4 is 10.1 Å². The molecule has 264 valence electrons. The van der Waals surface area contributed by atoms with Gasteiger partial charge in [-0.2, -0.15) is 0 Å². The number of ether oxygens (including phenoxy) is 1. The summed E-state index contributed by atoms with van der Waals surface area (Å²) in [7, 11) is 1.95. The van der Waals surface area contributed by atoms with Gasteiger partial charge in [0, 0.05) is 40.2 Å². The molecule has 54 heavy (non-hydrogen) atoms. The highest BCUT2D eigenvalue weighted by Crippen LogP contribution is 2.51. The summed E-state index contributed by atoms with van der Waals surface area (Å²) >= 11 is 0. The zero-order valence-corrected chi connectivity index (χ0v) is 31.4. The number of hydrogen-bond donors (Lipinski definition) is 1. The molecular weight excluding hydrogens is 659 g/mol. The average molecular weight is 702 g/mol. The molecule has 0 radical (unpaired) electrons. The zero-order chi connectivity index (χ0) is 37.4. The molecule has 4 nitrogen and oxygen atoms in total. The van der Waals surface area contributed by atoms with Crippen LogP contribution in [0.2, 0.25) is 0 Å². The third-order valence-electron chi connectivity index (χ3n) is 10.6. The van der Waals surface area contributed by atoms with Gasteiger partial charge in [0.05, 0.1) is 11.2 Å². The van der Waals surface area contributed by atoms with Crippen LogP contribution in [0.4, 0.5) is 5.69 Å². The molecule has 1 aliphatic carbocycles. The SMILES string of the molecule is C=C/C=C(\C=C(/C)c1ccccc1NC)c1ccc(Oc2ccc(-c3nc(-c4cccc5c4-c4ccccc4C5(C)C)nc4ccccc34)cc2)c(C)c1. The molecule has 0 atom stereocenters. The van der Waals surface area contributed by atoms with Crippen LogP contribution in [-0.2, 0) is 5.41 Å². The van der Waals surface area contributed by atoms with Crippen molar-refractivity contribution in [2.45, 2.75) is 33.1 Å². The highest BCUT2D eigenvalue weighted by molar-refractivity contribution is 5.96. The van der Waals surface area contributed by atoms with Gasteiger partial charge in [0.25, 0.3) is 0 Å². The topological polar surface area (TPSA) is 47.0 Å². The molecule has 1 aromatic heterocycles. The summed E-state index contributed by atoms with van der Waals surface area (Å²) in [5, 5.41) is 4.31. The summed E-state index contributed by atoms with van der Waals surface area (Å²) in [6.45, 7) is 12.8. The van der Waals surface area contributed by atoms with Crippen molar-refractivity contribution < 1.29 is 4.74 Å². The Morgan fingerprint density at radius 2 is 1.48 bits per heavy atom. The molecule has 0 bridgehead atoms. The van der Waals surface area contributed by atoms with Crippen LogP contribution in [-0.4, -0.2) is 17.0 Å². The molecule has 0 unspecified atom stereocenters. The molecule has 1 aliphatic rings. The summed E-state index contributed by atoms with van der Waals surface area (Å²) in [5.74, 6) is 2.29. The first-order valence-electron chi connectivity index (χ1n) is 18.4. The standard InChI is InChI=1S/C50H43N3O/c1-7-15-35(30-32(2)38-16-9-12-22-44(38)51-6)36-26-29-46(33(3)31-36)54-37-27-24-34(25-28-37)48-40-18-10-13-23-45(40)52-49(53-48)41-19-14-21-43-47(41)39-17-8-11-20-42(39)50(43,4)5/h7-31,51H,1H2,2-6H3/b32-30+,35-15+. The molecule has 6 aromatic carbocycles. The van der Waals surface area contributed by atoms with Crippen LogP contribution in [0, 0.1) is 6.92 Å². The molecular formula is C50H43N3O. The second-order valence-corrected chi connectivity index (χ2v) is 14.4. The van der Waals surface area contributed by atoms with Crippen molar-refractivity contribution >= 4 is 27.7 Å². The van der Waals surface area contributed by atoms with Crippen molar-refractivity contribution in [1.29, 1.82) is 0 Å². The van der Waals surface area contributed by atoms with Crippen LogP contribution in [0.25, 0.3) is 55.8 Å². The van der Waals surface area contributed by atoms with Gasteiger partial charge >= 0.3 is 0 Å². The molecule has 0 amide bonds. The lowest BCUT2D eigenvalue weighted by Gasteiger charge is -2.21. The predicted octanol–water partition coefficient (Wildman–Crippen LogP) is 13.1. The fraction of sp³-hybridized carbons (Fsp3) is 0.120.